The van der Waals surface area contributed by atoms with Crippen LogP contribution in [-0.2, 0) is 19.2 Å². The second kappa shape index (κ2) is 16.1. The van der Waals surface area contributed by atoms with Crippen molar-refractivity contribution in [3.05, 3.63) is 0 Å². The monoisotopic (exact) mass is 485 g/mol. The highest BCUT2D eigenvalue weighted by Gasteiger charge is 2.66. The zero-order chi connectivity index (χ0) is 26.4. The molecule has 0 bridgehead atoms. The van der Waals surface area contributed by atoms with E-state index in [0.29, 0.717) is 6.42 Å². The van der Waals surface area contributed by atoms with Crippen molar-refractivity contribution >= 4 is 23.3 Å². The van der Waals surface area contributed by atoms with Gasteiger partial charge in [0.25, 0.3) is 0 Å². The fourth-order valence-electron chi connectivity index (χ4n) is 4.65. The number of Topliss-reactive ketones (excluding diaryl/α,β-unsaturated/α-hetero) is 3. The van der Waals surface area contributed by atoms with Crippen molar-refractivity contribution < 1.29 is 34.5 Å². The number of aliphatic hydroxyl groups excluding tert-OH is 2. The number of nitrogens with one attached hydrogen (secondary N) is 1. The van der Waals surface area contributed by atoms with Gasteiger partial charge >= 0.3 is 0 Å². The topological polar surface area (TPSA) is 141 Å². The van der Waals surface area contributed by atoms with Gasteiger partial charge in [0.1, 0.15) is 6.10 Å². The first-order valence-corrected chi connectivity index (χ1v) is 12.8. The van der Waals surface area contributed by atoms with E-state index in [1.54, 1.807) is 0 Å². The summed E-state index contributed by atoms with van der Waals surface area (Å²) in [6, 6.07) is 0. The second-order valence-corrected chi connectivity index (χ2v) is 9.56. The van der Waals surface area contributed by atoms with Crippen LogP contribution in [-0.4, -0.2) is 61.9 Å². The molecule has 0 aromatic carbocycles. The van der Waals surface area contributed by atoms with Crippen molar-refractivity contribution in [2.24, 2.45) is 0 Å². The minimum atomic E-state index is -3.01. The summed E-state index contributed by atoms with van der Waals surface area (Å²) in [6.07, 6.45) is 9.94. The van der Waals surface area contributed by atoms with Crippen molar-refractivity contribution in [3.8, 4) is 0 Å². The van der Waals surface area contributed by atoms with Gasteiger partial charge < -0.3 is 20.6 Å². The van der Waals surface area contributed by atoms with Crippen LogP contribution >= 0.6 is 0 Å². The van der Waals surface area contributed by atoms with Gasteiger partial charge in [-0.25, -0.2) is 0 Å². The molecule has 0 radical (unpaired) electrons. The Balaban J connectivity index is 4.92. The third-order valence-electron chi connectivity index (χ3n) is 6.68. The number of rotatable bonds is 20. The molecule has 0 saturated heterocycles. The maximum atomic E-state index is 12.6. The average Bonchev–Trinajstić information content (AvgIpc) is 2.76. The van der Waals surface area contributed by atoms with E-state index in [1.807, 2.05) is 0 Å². The quantitative estimate of drug-likeness (QED) is 0.153. The number of hydrogen-bond donors (Lipinski definition) is 4. The highest BCUT2D eigenvalue weighted by Crippen LogP contribution is 2.33. The largest absolute Gasteiger partial charge is 0.390 e. The Labute approximate surface area is 204 Å². The smallest absolute Gasteiger partial charge is 0.217 e. The summed E-state index contributed by atoms with van der Waals surface area (Å²) in [5.74, 6) is -4.06. The molecular formula is C26H47NO7. The molecule has 1 amide bonds. The van der Waals surface area contributed by atoms with Crippen LogP contribution in [0.4, 0.5) is 0 Å². The van der Waals surface area contributed by atoms with Crippen LogP contribution in [0.5, 0.6) is 0 Å². The van der Waals surface area contributed by atoms with Crippen molar-refractivity contribution in [3.63, 3.8) is 0 Å². The number of ketones is 3. The van der Waals surface area contributed by atoms with Crippen LogP contribution < -0.4 is 5.32 Å². The molecule has 0 aromatic rings. The van der Waals surface area contributed by atoms with Gasteiger partial charge in [0.05, 0.1) is 6.10 Å². The Morgan fingerprint density at radius 1 is 0.676 bits per heavy atom. The molecule has 4 N–H and O–H groups in total. The summed E-state index contributed by atoms with van der Waals surface area (Å²) in [5.41, 5.74) is -5.70. The normalized spacial score (nSPS) is 15.3. The molecule has 0 heterocycles. The number of amides is 1. The molecule has 0 spiro atoms. The molecule has 34 heavy (non-hydrogen) atoms. The van der Waals surface area contributed by atoms with E-state index in [9.17, 15) is 34.5 Å². The molecule has 0 rings (SSSR count). The minimum Gasteiger partial charge on any atom is -0.390 e. The van der Waals surface area contributed by atoms with E-state index in [2.05, 4.69) is 12.2 Å². The number of aliphatic hydroxyl groups is 3. The lowest BCUT2D eigenvalue weighted by molar-refractivity contribution is -0.180. The number of carbonyl (C=O) groups excluding carboxylic acids is 4. The van der Waals surface area contributed by atoms with Crippen LogP contribution in [0.15, 0.2) is 0 Å². The minimum absolute atomic E-state index is 0.0824. The molecule has 8 heteroatoms. The maximum absolute atomic E-state index is 12.6. The summed E-state index contributed by atoms with van der Waals surface area (Å²) < 4.78 is 0. The maximum Gasteiger partial charge on any atom is 0.217 e. The summed E-state index contributed by atoms with van der Waals surface area (Å²) >= 11 is 0. The van der Waals surface area contributed by atoms with Crippen molar-refractivity contribution in [2.45, 2.75) is 141 Å². The molecular weight excluding hydrogens is 438 g/mol. The fraction of sp³-hybridized carbons (Fsp3) is 0.846. The Morgan fingerprint density at radius 3 is 1.38 bits per heavy atom. The van der Waals surface area contributed by atoms with E-state index < -0.39 is 46.6 Å². The molecule has 0 fully saturated rings. The molecule has 0 aromatic heterocycles. The summed E-state index contributed by atoms with van der Waals surface area (Å²) in [6.45, 7) is 5.98. The molecule has 8 nitrogen and oxygen atoms in total. The van der Waals surface area contributed by atoms with E-state index >= 15 is 0 Å². The van der Waals surface area contributed by atoms with Crippen LogP contribution in [0.25, 0.3) is 0 Å². The zero-order valence-corrected chi connectivity index (χ0v) is 21.8. The lowest BCUT2D eigenvalue weighted by Crippen LogP contribution is -2.79. The standard InChI is InChI=1S/C26H47NO7/c1-6-7-8-9-10-11-12-13-14-15-16-17-18-23(32)24(33)25(19(2)28,27-22(5)31)26(34,20(3)29)21(4)30/h23-24,32-34H,6-18H2,1-5H3,(H,27,31)/t23-,24-,25-/m1/s1. The Hall–Kier alpha value is -1.64. The SMILES string of the molecule is CCCCCCCCCCCCCC[C@@H](O)[C@@H](O)[C@](NC(C)=O)(C(C)=O)C(O)(C(C)=O)C(C)=O. The molecule has 0 aliphatic carbocycles. The molecule has 3 atom stereocenters. The lowest BCUT2D eigenvalue weighted by atomic mass is 9.67. The lowest BCUT2D eigenvalue weighted by Gasteiger charge is -2.46. The van der Waals surface area contributed by atoms with Crippen LogP contribution in [0.1, 0.15) is 118 Å². The van der Waals surface area contributed by atoms with Gasteiger partial charge in [0.15, 0.2) is 22.9 Å². The fourth-order valence-corrected chi connectivity index (χ4v) is 4.65. The van der Waals surface area contributed by atoms with Crippen LogP contribution in [0, 0.1) is 0 Å². The molecule has 198 valence electrons. The van der Waals surface area contributed by atoms with E-state index in [4.69, 9.17) is 0 Å². The highest BCUT2D eigenvalue weighted by atomic mass is 16.3. The highest BCUT2D eigenvalue weighted by molar-refractivity contribution is 6.16. The molecule has 0 aliphatic rings. The molecule has 0 unspecified atom stereocenters. The van der Waals surface area contributed by atoms with E-state index in [0.717, 1.165) is 53.4 Å². The third-order valence-corrected chi connectivity index (χ3v) is 6.68. The van der Waals surface area contributed by atoms with E-state index in [-0.39, 0.29) is 6.42 Å². The average molecular weight is 486 g/mol. The summed E-state index contributed by atoms with van der Waals surface area (Å²) in [7, 11) is 0. The van der Waals surface area contributed by atoms with Crippen LogP contribution in [0.3, 0.4) is 0 Å². The van der Waals surface area contributed by atoms with Gasteiger partial charge in [-0.2, -0.15) is 0 Å². The first-order chi connectivity index (χ1) is 15.9. The molecule has 0 saturated carbocycles. The van der Waals surface area contributed by atoms with Gasteiger partial charge in [0.2, 0.25) is 11.5 Å². The summed E-state index contributed by atoms with van der Waals surface area (Å²) in [4.78, 5) is 49.0. The number of unbranched alkanes of at least 4 members (excludes halogenated alkanes) is 11. The van der Waals surface area contributed by atoms with Crippen molar-refractivity contribution in [2.75, 3.05) is 0 Å². The molecule has 0 aliphatic heterocycles. The first kappa shape index (κ1) is 32.4. The third kappa shape index (κ3) is 8.86. The second-order valence-electron chi connectivity index (χ2n) is 9.56. The van der Waals surface area contributed by atoms with Gasteiger partial charge in [-0.1, -0.05) is 84.0 Å². The van der Waals surface area contributed by atoms with E-state index in [1.165, 1.54) is 44.9 Å². The Morgan fingerprint density at radius 2 is 1.06 bits per heavy atom. The summed E-state index contributed by atoms with van der Waals surface area (Å²) in [5, 5.41) is 34.6. The van der Waals surface area contributed by atoms with Crippen molar-refractivity contribution in [1.29, 1.82) is 0 Å². The van der Waals surface area contributed by atoms with Gasteiger partial charge in [-0.15, -0.1) is 0 Å². The number of carbonyl (C=O) groups is 4. The predicted octanol–water partition coefficient (Wildman–Crippen LogP) is 3.17. The first-order valence-electron chi connectivity index (χ1n) is 12.8. The Kier molecular flexibility index (Phi) is 15.3. The zero-order valence-electron chi connectivity index (χ0n) is 21.8. The van der Waals surface area contributed by atoms with Gasteiger partial charge in [0, 0.05) is 6.92 Å². The van der Waals surface area contributed by atoms with Crippen LogP contribution in [0.2, 0.25) is 0 Å². The van der Waals surface area contributed by atoms with Gasteiger partial charge in [-0.05, 0) is 27.2 Å². The van der Waals surface area contributed by atoms with Crippen molar-refractivity contribution in [1.82, 2.24) is 5.32 Å². The predicted molar refractivity (Wildman–Crippen MR) is 131 cm³/mol. The van der Waals surface area contributed by atoms with Gasteiger partial charge in [-0.3, -0.25) is 19.2 Å². The number of hydrogen-bond acceptors (Lipinski definition) is 7. The Bertz CT molecular complexity index is 650.